The molecule has 1 fully saturated rings. The molecule has 2 rings (SSSR count). The predicted octanol–water partition coefficient (Wildman–Crippen LogP) is 2.74. The predicted molar refractivity (Wildman–Crippen MR) is 96.0 cm³/mol. The molecule has 0 spiro atoms. The van der Waals surface area contributed by atoms with Crippen molar-refractivity contribution in [3.8, 4) is 0 Å². The van der Waals surface area contributed by atoms with E-state index in [-0.39, 0.29) is 10.6 Å². The highest BCUT2D eigenvalue weighted by molar-refractivity contribution is 8.00. The molecule has 0 amide bonds. The molecule has 7 heteroatoms. The van der Waals surface area contributed by atoms with Crippen molar-refractivity contribution in [3.63, 3.8) is 0 Å². The second kappa shape index (κ2) is 8.19. The number of benzene rings is 1. The maximum absolute atomic E-state index is 11.1. The van der Waals surface area contributed by atoms with Crippen molar-refractivity contribution >= 4 is 23.4 Å². The lowest BCUT2D eigenvalue weighted by molar-refractivity contribution is -0.385. The molecule has 1 aliphatic heterocycles. The highest BCUT2D eigenvalue weighted by atomic mass is 32.2. The average molecular weight is 336 g/mol. The van der Waals surface area contributed by atoms with Gasteiger partial charge in [0.2, 0.25) is 0 Å². The van der Waals surface area contributed by atoms with E-state index in [9.17, 15) is 10.1 Å². The Hall–Kier alpha value is -1.76. The summed E-state index contributed by atoms with van der Waals surface area (Å²) in [6.07, 6.45) is 0. The van der Waals surface area contributed by atoms with Gasteiger partial charge >= 0.3 is 0 Å². The summed E-state index contributed by atoms with van der Waals surface area (Å²) < 4.78 is 0. The number of aliphatic imine (C=N–C) groups is 1. The largest absolute Gasteiger partial charge is 0.352 e. The first-order valence-electron chi connectivity index (χ1n) is 7.82. The van der Waals surface area contributed by atoms with Crippen LogP contribution >= 0.6 is 11.8 Å². The van der Waals surface area contributed by atoms with Gasteiger partial charge in [0.15, 0.2) is 5.96 Å². The highest BCUT2D eigenvalue weighted by Gasteiger charge is 2.25. The van der Waals surface area contributed by atoms with Gasteiger partial charge in [-0.2, -0.15) is 11.8 Å². The first-order valence-corrected chi connectivity index (χ1v) is 8.87. The van der Waals surface area contributed by atoms with Gasteiger partial charge in [0, 0.05) is 49.3 Å². The van der Waals surface area contributed by atoms with E-state index in [0.717, 1.165) is 24.8 Å². The Bertz CT molecular complexity index is 577. The van der Waals surface area contributed by atoms with Crippen LogP contribution in [-0.2, 0) is 6.54 Å². The zero-order valence-corrected chi connectivity index (χ0v) is 14.7. The van der Waals surface area contributed by atoms with Crippen molar-refractivity contribution in [2.45, 2.75) is 25.6 Å². The van der Waals surface area contributed by atoms with Crippen molar-refractivity contribution in [1.29, 1.82) is 0 Å². The van der Waals surface area contributed by atoms with E-state index >= 15 is 0 Å². The molecular weight excluding hydrogens is 312 g/mol. The Kier molecular flexibility index (Phi) is 6.27. The molecule has 0 saturated carbocycles. The van der Waals surface area contributed by atoms with Crippen LogP contribution in [0.3, 0.4) is 0 Å². The molecule has 0 aromatic heterocycles. The number of hydrogen-bond donors (Lipinski definition) is 1. The summed E-state index contributed by atoms with van der Waals surface area (Å²) in [6, 6.07) is 6.82. The lowest BCUT2D eigenvalue weighted by atomic mass is 10.1. The maximum Gasteiger partial charge on any atom is 0.274 e. The summed E-state index contributed by atoms with van der Waals surface area (Å²) in [7, 11) is 1.76. The molecule has 1 saturated heterocycles. The summed E-state index contributed by atoms with van der Waals surface area (Å²) >= 11 is 2.01. The van der Waals surface area contributed by atoms with Crippen LogP contribution in [0.15, 0.2) is 29.3 Å². The molecular formula is C16H24N4O2S. The third-order valence-corrected chi connectivity index (χ3v) is 5.51. The van der Waals surface area contributed by atoms with Crippen LogP contribution < -0.4 is 5.32 Å². The summed E-state index contributed by atoms with van der Waals surface area (Å²) in [6.45, 7) is 6.79. The third-order valence-electron chi connectivity index (χ3n) is 3.97. The van der Waals surface area contributed by atoms with Gasteiger partial charge in [-0.05, 0) is 5.92 Å². The number of thioether (sulfide) groups is 1. The van der Waals surface area contributed by atoms with E-state index in [0.29, 0.717) is 23.3 Å². The minimum Gasteiger partial charge on any atom is -0.352 e. The van der Waals surface area contributed by atoms with E-state index in [2.05, 4.69) is 29.1 Å². The summed E-state index contributed by atoms with van der Waals surface area (Å²) in [4.78, 5) is 17.3. The molecule has 0 aliphatic carbocycles. The third kappa shape index (κ3) is 4.60. The minimum atomic E-state index is -0.341. The fraction of sp³-hybridized carbons (Fsp3) is 0.562. The van der Waals surface area contributed by atoms with Crippen molar-refractivity contribution in [3.05, 3.63) is 39.9 Å². The Morgan fingerprint density at radius 3 is 2.91 bits per heavy atom. The van der Waals surface area contributed by atoms with Gasteiger partial charge in [-0.3, -0.25) is 15.1 Å². The molecule has 0 radical (unpaired) electrons. The van der Waals surface area contributed by atoms with Crippen molar-refractivity contribution < 1.29 is 4.92 Å². The monoisotopic (exact) mass is 336 g/mol. The minimum absolute atomic E-state index is 0.143. The number of guanidine groups is 1. The van der Waals surface area contributed by atoms with Crippen LogP contribution in [0, 0.1) is 16.0 Å². The first-order chi connectivity index (χ1) is 11.0. The number of nitrogens with zero attached hydrogens (tertiary/aromatic N) is 3. The Balaban J connectivity index is 2.02. The topological polar surface area (TPSA) is 70.8 Å². The average Bonchev–Trinajstić information content (AvgIpc) is 2.56. The normalized spacial score (nSPS) is 19.0. The molecule has 126 valence electrons. The first kappa shape index (κ1) is 17.6. The molecule has 1 aromatic carbocycles. The lowest BCUT2D eigenvalue weighted by Crippen LogP contribution is -2.48. The fourth-order valence-corrected chi connectivity index (χ4v) is 3.91. The van der Waals surface area contributed by atoms with Crippen LogP contribution in [0.5, 0.6) is 0 Å². The van der Waals surface area contributed by atoms with Crippen molar-refractivity contribution in [2.24, 2.45) is 10.9 Å². The SMILES string of the molecule is CN=C(NCc1ccccc1[N+](=O)[O-])N1CCSC(C(C)C)C1. The molecule has 1 atom stereocenters. The van der Waals surface area contributed by atoms with Gasteiger partial charge in [0.25, 0.3) is 5.69 Å². The van der Waals surface area contributed by atoms with Crippen LogP contribution in [0.25, 0.3) is 0 Å². The zero-order valence-electron chi connectivity index (χ0n) is 13.9. The van der Waals surface area contributed by atoms with E-state index in [1.54, 1.807) is 19.2 Å². The number of hydrogen-bond acceptors (Lipinski definition) is 4. The van der Waals surface area contributed by atoms with E-state index in [4.69, 9.17) is 0 Å². The number of para-hydroxylation sites is 1. The molecule has 23 heavy (non-hydrogen) atoms. The van der Waals surface area contributed by atoms with Gasteiger partial charge in [0.05, 0.1) is 4.92 Å². The Labute approximate surface area is 141 Å². The summed E-state index contributed by atoms with van der Waals surface area (Å²) in [5, 5.41) is 15.0. The van der Waals surface area contributed by atoms with E-state index < -0.39 is 0 Å². The van der Waals surface area contributed by atoms with Crippen LogP contribution in [0.2, 0.25) is 0 Å². The van der Waals surface area contributed by atoms with Gasteiger partial charge in [-0.15, -0.1) is 0 Å². The second-order valence-corrected chi connectivity index (χ2v) is 7.23. The number of nitro groups is 1. The highest BCUT2D eigenvalue weighted by Crippen LogP contribution is 2.25. The van der Waals surface area contributed by atoms with Gasteiger partial charge in [-0.1, -0.05) is 32.0 Å². The molecule has 1 N–H and O–H groups in total. The number of nitro benzene ring substituents is 1. The quantitative estimate of drug-likeness (QED) is 0.396. The fourth-order valence-electron chi connectivity index (χ4n) is 2.62. The lowest BCUT2D eigenvalue weighted by Gasteiger charge is -2.36. The maximum atomic E-state index is 11.1. The summed E-state index contributed by atoms with van der Waals surface area (Å²) in [5.41, 5.74) is 0.815. The smallest absolute Gasteiger partial charge is 0.274 e. The van der Waals surface area contributed by atoms with Gasteiger partial charge < -0.3 is 10.2 Å². The van der Waals surface area contributed by atoms with Gasteiger partial charge in [-0.25, -0.2) is 0 Å². The number of rotatable bonds is 4. The zero-order chi connectivity index (χ0) is 16.8. The van der Waals surface area contributed by atoms with Crippen LogP contribution in [0.1, 0.15) is 19.4 Å². The van der Waals surface area contributed by atoms with Crippen molar-refractivity contribution in [1.82, 2.24) is 10.2 Å². The Morgan fingerprint density at radius 1 is 1.52 bits per heavy atom. The van der Waals surface area contributed by atoms with E-state index in [1.165, 1.54) is 6.07 Å². The van der Waals surface area contributed by atoms with E-state index in [1.807, 2.05) is 17.8 Å². The van der Waals surface area contributed by atoms with Gasteiger partial charge in [0.1, 0.15) is 0 Å². The molecule has 1 unspecified atom stereocenters. The second-order valence-electron chi connectivity index (χ2n) is 5.89. The molecule has 6 nitrogen and oxygen atoms in total. The Morgan fingerprint density at radius 2 is 2.26 bits per heavy atom. The summed E-state index contributed by atoms with van der Waals surface area (Å²) in [5.74, 6) is 2.51. The van der Waals surface area contributed by atoms with Crippen molar-refractivity contribution in [2.75, 3.05) is 25.9 Å². The molecule has 1 aromatic rings. The van der Waals surface area contributed by atoms with Crippen LogP contribution in [0.4, 0.5) is 5.69 Å². The standard InChI is InChI=1S/C16H24N4O2S/c1-12(2)15-11-19(8-9-23-15)16(17-3)18-10-13-6-4-5-7-14(13)20(21)22/h4-7,12,15H,8-11H2,1-3H3,(H,17,18). The number of nitrogens with one attached hydrogen (secondary N) is 1. The van der Waals surface area contributed by atoms with Crippen LogP contribution in [-0.4, -0.2) is 46.9 Å². The molecule has 1 aliphatic rings. The molecule has 1 heterocycles. The molecule has 0 bridgehead atoms.